The fourth-order valence-electron chi connectivity index (χ4n) is 1.43. The van der Waals surface area contributed by atoms with Gasteiger partial charge in [-0.15, -0.1) is 0 Å². The van der Waals surface area contributed by atoms with Gasteiger partial charge >= 0.3 is 11.9 Å². The van der Waals surface area contributed by atoms with Gasteiger partial charge in [0.25, 0.3) is 5.69 Å². The van der Waals surface area contributed by atoms with Gasteiger partial charge in [-0.3, -0.25) is 10.1 Å². The highest BCUT2D eigenvalue weighted by Gasteiger charge is 2.24. The van der Waals surface area contributed by atoms with Crippen LogP contribution >= 0.6 is 0 Å². The normalized spacial score (nSPS) is 9.83. The Labute approximate surface area is 101 Å². The van der Waals surface area contributed by atoms with Crippen LogP contribution in [0.25, 0.3) is 0 Å². The molecule has 0 amide bonds. The quantitative estimate of drug-likeness (QED) is 0.535. The summed E-state index contributed by atoms with van der Waals surface area (Å²) in [6.45, 7) is 2.02. The van der Waals surface area contributed by atoms with E-state index >= 15 is 0 Å². The third-order valence-corrected chi connectivity index (χ3v) is 2.16. The van der Waals surface area contributed by atoms with Crippen molar-refractivity contribution < 1.29 is 24.7 Å². The summed E-state index contributed by atoms with van der Waals surface area (Å²) in [4.78, 5) is 31.8. The maximum Gasteiger partial charge on any atom is 0.336 e. The number of benzene rings is 1. The zero-order chi connectivity index (χ0) is 13.9. The number of nitro benzene ring substituents is 1. The lowest BCUT2D eigenvalue weighted by molar-refractivity contribution is -0.384. The van der Waals surface area contributed by atoms with Gasteiger partial charge in [-0.2, -0.15) is 0 Å². The Kier molecular flexibility index (Phi) is 3.82. The predicted octanol–water partition coefficient (Wildman–Crippen LogP) is 1.42. The van der Waals surface area contributed by atoms with Gasteiger partial charge in [-0.25, -0.2) is 9.59 Å². The Balaban J connectivity index is 3.54. The SMILES string of the molecule is CCNc1cc(C(=O)O)c(C(=O)O)cc1[N+](=O)[O-]. The van der Waals surface area contributed by atoms with Crippen molar-refractivity contribution in [2.24, 2.45) is 0 Å². The minimum Gasteiger partial charge on any atom is -0.478 e. The zero-order valence-corrected chi connectivity index (χ0v) is 9.34. The smallest absolute Gasteiger partial charge is 0.336 e. The van der Waals surface area contributed by atoms with Crippen LogP contribution in [0.3, 0.4) is 0 Å². The molecule has 1 aromatic carbocycles. The van der Waals surface area contributed by atoms with Gasteiger partial charge in [0, 0.05) is 12.6 Å². The number of carboxylic acids is 2. The van der Waals surface area contributed by atoms with E-state index in [2.05, 4.69) is 5.32 Å². The van der Waals surface area contributed by atoms with Crippen LogP contribution in [-0.2, 0) is 0 Å². The molecule has 96 valence electrons. The van der Waals surface area contributed by atoms with E-state index in [1.54, 1.807) is 6.92 Å². The van der Waals surface area contributed by atoms with E-state index in [9.17, 15) is 19.7 Å². The van der Waals surface area contributed by atoms with Gasteiger partial charge in [0.1, 0.15) is 5.69 Å². The van der Waals surface area contributed by atoms with E-state index in [1.165, 1.54) is 0 Å². The predicted molar refractivity (Wildman–Crippen MR) is 61.2 cm³/mol. The first-order valence-corrected chi connectivity index (χ1v) is 4.91. The summed E-state index contributed by atoms with van der Waals surface area (Å²) in [5, 5.41) is 31.1. The van der Waals surface area contributed by atoms with Crippen LogP contribution < -0.4 is 5.32 Å². The van der Waals surface area contributed by atoms with E-state index in [-0.39, 0.29) is 5.69 Å². The summed E-state index contributed by atoms with van der Waals surface area (Å²) in [6.07, 6.45) is 0. The average molecular weight is 254 g/mol. The van der Waals surface area contributed by atoms with Crippen LogP contribution in [-0.4, -0.2) is 33.6 Å². The molecule has 0 bridgehead atoms. The first-order valence-electron chi connectivity index (χ1n) is 4.91. The van der Waals surface area contributed by atoms with Crippen LogP contribution in [0.1, 0.15) is 27.6 Å². The molecule has 1 rings (SSSR count). The molecule has 0 atom stereocenters. The van der Waals surface area contributed by atoms with Gasteiger partial charge in [0.15, 0.2) is 0 Å². The summed E-state index contributed by atoms with van der Waals surface area (Å²) in [7, 11) is 0. The fraction of sp³-hybridized carbons (Fsp3) is 0.200. The maximum atomic E-state index is 10.9. The van der Waals surface area contributed by atoms with Crippen molar-refractivity contribution in [1.82, 2.24) is 0 Å². The van der Waals surface area contributed by atoms with Gasteiger partial charge < -0.3 is 15.5 Å². The summed E-state index contributed by atoms with van der Waals surface area (Å²) in [6, 6.07) is 1.69. The van der Waals surface area contributed by atoms with Crippen molar-refractivity contribution >= 4 is 23.3 Å². The van der Waals surface area contributed by atoms with Gasteiger partial charge in [0.05, 0.1) is 16.1 Å². The highest BCUT2D eigenvalue weighted by molar-refractivity contribution is 6.03. The van der Waals surface area contributed by atoms with Crippen molar-refractivity contribution in [3.05, 3.63) is 33.4 Å². The second kappa shape index (κ2) is 5.13. The molecule has 18 heavy (non-hydrogen) atoms. The van der Waals surface area contributed by atoms with Crippen molar-refractivity contribution in [3.63, 3.8) is 0 Å². The highest BCUT2D eigenvalue weighted by Crippen LogP contribution is 2.28. The van der Waals surface area contributed by atoms with Crippen LogP contribution in [0.4, 0.5) is 11.4 Å². The molecular weight excluding hydrogens is 244 g/mol. The zero-order valence-electron chi connectivity index (χ0n) is 9.34. The van der Waals surface area contributed by atoms with Crippen molar-refractivity contribution in [2.75, 3.05) is 11.9 Å². The van der Waals surface area contributed by atoms with Crippen LogP contribution in [0.2, 0.25) is 0 Å². The Bertz CT molecular complexity index is 525. The molecule has 0 aliphatic carbocycles. The molecule has 0 fully saturated rings. The molecule has 8 heteroatoms. The summed E-state index contributed by atoms with van der Waals surface area (Å²) in [5.74, 6) is -2.99. The lowest BCUT2D eigenvalue weighted by atomic mass is 10.0. The molecule has 1 aromatic rings. The van der Waals surface area contributed by atoms with Crippen LogP contribution in [0.5, 0.6) is 0 Å². The maximum absolute atomic E-state index is 10.9. The highest BCUT2D eigenvalue weighted by atomic mass is 16.6. The van der Waals surface area contributed by atoms with Gasteiger partial charge in [0.2, 0.25) is 0 Å². The Morgan fingerprint density at radius 3 is 2.17 bits per heavy atom. The molecule has 0 aromatic heterocycles. The topological polar surface area (TPSA) is 130 Å². The largest absolute Gasteiger partial charge is 0.478 e. The van der Waals surface area contributed by atoms with Crippen LogP contribution in [0.15, 0.2) is 12.1 Å². The lowest BCUT2D eigenvalue weighted by Crippen LogP contribution is -2.11. The Morgan fingerprint density at radius 2 is 1.78 bits per heavy atom. The van der Waals surface area contributed by atoms with E-state index in [1.807, 2.05) is 0 Å². The Morgan fingerprint density at radius 1 is 1.28 bits per heavy atom. The minimum atomic E-state index is -1.53. The second-order valence-electron chi connectivity index (χ2n) is 3.31. The number of hydrogen-bond acceptors (Lipinski definition) is 5. The molecule has 0 aliphatic rings. The van der Waals surface area contributed by atoms with Gasteiger partial charge in [-0.1, -0.05) is 0 Å². The third-order valence-electron chi connectivity index (χ3n) is 2.16. The number of rotatable bonds is 5. The van der Waals surface area contributed by atoms with E-state index in [0.29, 0.717) is 6.54 Å². The molecule has 0 spiro atoms. The average Bonchev–Trinajstić information content (AvgIpc) is 2.28. The first kappa shape index (κ1) is 13.4. The molecule has 0 saturated heterocycles. The molecule has 3 N–H and O–H groups in total. The number of anilines is 1. The third kappa shape index (κ3) is 2.54. The molecule has 0 unspecified atom stereocenters. The second-order valence-corrected chi connectivity index (χ2v) is 3.31. The molecule has 0 radical (unpaired) electrons. The van der Waals surface area contributed by atoms with E-state index in [0.717, 1.165) is 12.1 Å². The number of aromatic carboxylic acids is 2. The van der Waals surface area contributed by atoms with Crippen molar-refractivity contribution in [2.45, 2.75) is 6.92 Å². The standard InChI is InChI=1S/C10H10N2O6/c1-2-11-7-3-5(9(13)14)6(10(15)16)4-8(7)12(17)18/h3-4,11H,2H2,1H3,(H,13,14)(H,15,16). The molecule has 8 nitrogen and oxygen atoms in total. The van der Waals surface area contributed by atoms with Crippen LogP contribution in [0, 0.1) is 10.1 Å². The lowest BCUT2D eigenvalue weighted by Gasteiger charge is -2.08. The Hall–Kier alpha value is -2.64. The van der Waals surface area contributed by atoms with E-state index < -0.39 is 33.7 Å². The molecule has 0 aliphatic heterocycles. The van der Waals surface area contributed by atoms with E-state index in [4.69, 9.17) is 10.2 Å². The number of hydrogen-bond donors (Lipinski definition) is 3. The first-order chi connectivity index (χ1) is 8.38. The number of nitrogens with zero attached hydrogens (tertiary/aromatic N) is 1. The fourth-order valence-corrected chi connectivity index (χ4v) is 1.43. The molecule has 0 heterocycles. The minimum absolute atomic E-state index is 0.0232. The number of carboxylic acid groups (broad SMARTS) is 2. The summed E-state index contributed by atoms with van der Waals surface area (Å²) >= 11 is 0. The van der Waals surface area contributed by atoms with Crippen molar-refractivity contribution in [1.29, 1.82) is 0 Å². The monoisotopic (exact) mass is 254 g/mol. The number of nitrogens with one attached hydrogen (secondary N) is 1. The summed E-state index contributed by atoms with van der Waals surface area (Å²) < 4.78 is 0. The van der Waals surface area contributed by atoms with Crippen molar-refractivity contribution in [3.8, 4) is 0 Å². The number of carbonyl (C=O) groups is 2. The summed E-state index contributed by atoms with van der Waals surface area (Å²) in [5.41, 5.74) is -1.61. The number of nitro groups is 1. The molecular formula is C10H10N2O6. The molecule has 0 saturated carbocycles. The van der Waals surface area contributed by atoms with Gasteiger partial charge in [-0.05, 0) is 13.0 Å².